The van der Waals surface area contributed by atoms with Crippen molar-refractivity contribution < 1.29 is 13.6 Å². The fourth-order valence-corrected chi connectivity index (χ4v) is 0.596. The maximum Gasteiger partial charge on any atom is 0.254 e. The van der Waals surface area contributed by atoms with Crippen LogP contribution >= 0.6 is 0 Å². The Kier molecular flexibility index (Phi) is 3.44. The second kappa shape index (κ2) is 3.85. The van der Waals surface area contributed by atoms with E-state index >= 15 is 0 Å². The molecule has 0 saturated carbocycles. The van der Waals surface area contributed by atoms with Gasteiger partial charge in [-0.15, -0.1) is 0 Å². The van der Waals surface area contributed by atoms with E-state index < -0.39 is 23.1 Å². The molecule has 0 radical (unpaired) electrons. The predicted molar refractivity (Wildman–Crippen MR) is 37.9 cm³/mol. The Balaban J connectivity index is 4.95. The fraction of sp³-hybridized carbons (Fsp3) is 0.286. The summed E-state index contributed by atoms with van der Waals surface area (Å²) in [5.74, 6) is -2.94. The van der Waals surface area contributed by atoms with Crippen LogP contribution in [0.5, 0.6) is 0 Å². The van der Waals surface area contributed by atoms with Gasteiger partial charge in [0.1, 0.15) is 17.2 Å². The van der Waals surface area contributed by atoms with Crippen LogP contribution in [-0.4, -0.2) is 5.91 Å². The summed E-state index contributed by atoms with van der Waals surface area (Å²) in [7, 11) is 0. The molecule has 4 heteroatoms. The molecule has 0 aromatic carbocycles. The van der Waals surface area contributed by atoms with Gasteiger partial charge >= 0.3 is 0 Å². The van der Waals surface area contributed by atoms with Gasteiger partial charge in [0, 0.05) is 0 Å². The zero-order valence-electron chi connectivity index (χ0n) is 6.32. The number of rotatable bonds is 2. The minimum Gasteiger partial charge on any atom is -0.365 e. The Morgan fingerprint density at radius 3 is 2.00 bits per heavy atom. The number of hydrogen-bond donors (Lipinski definition) is 1. The van der Waals surface area contributed by atoms with Gasteiger partial charge < -0.3 is 5.73 Å². The second-order valence-corrected chi connectivity index (χ2v) is 1.91. The van der Waals surface area contributed by atoms with E-state index in [4.69, 9.17) is 5.73 Å². The third-order valence-corrected chi connectivity index (χ3v) is 1.08. The first kappa shape index (κ1) is 9.81. The smallest absolute Gasteiger partial charge is 0.254 e. The lowest BCUT2D eigenvalue weighted by Crippen LogP contribution is -2.15. The molecule has 0 unspecified atom stereocenters. The largest absolute Gasteiger partial charge is 0.365 e. The van der Waals surface area contributed by atoms with Crippen molar-refractivity contribution in [3.8, 4) is 0 Å². The van der Waals surface area contributed by atoms with Gasteiger partial charge in [-0.05, 0) is 13.8 Å². The summed E-state index contributed by atoms with van der Waals surface area (Å²) in [4.78, 5) is 10.4. The van der Waals surface area contributed by atoms with E-state index in [1.165, 1.54) is 6.92 Å². The molecule has 0 rings (SSSR count). The average Bonchev–Trinajstić information content (AvgIpc) is 1.85. The number of hydrogen-bond acceptors (Lipinski definition) is 1. The summed E-state index contributed by atoms with van der Waals surface area (Å²) in [6, 6.07) is 0. The van der Waals surface area contributed by atoms with Gasteiger partial charge in [0.05, 0.1) is 0 Å². The van der Waals surface area contributed by atoms with Gasteiger partial charge in [-0.2, -0.15) is 0 Å². The molecule has 0 atom stereocenters. The molecule has 0 heterocycles. The van der Waals surface area contributed by atoms with Gasteiger partial charge in [-0.1, -0.05) is 6.08 Å². The van der Waals surface area contributed by atoms with Crippen LogP contribution in [0.25, 0.3) is 0 Å². The van der Waals surface area contributed by atoms with Crippen LogP contribution < -0.4 is 5.73 Å². The molecule has 0 bridgehead atoms. The zero-order valence-corrected chi connectivity index (χ0v) is 6.32. The summed E-state index contributed by atoms with van der Waals surface area (Å²) in [6.07, 6.45) is 0.975. The number of carbonyl (C=O) groups is 1. The Morgan fingerprint density at radius 2 is 1.91 bits per heavy atom. The molecule has 0 aliphatic rings. The molecule has 0 aliphatic heterocycles. The van der Waals surface area contributed by atoms with Crippen molar-refractivity contribution in [2.75, 3.05) is 0 Å². The number of halogens is 2. The lowest BCUT2D eigenvalue weighted by molar-refractivity contribution is -0.114. The van der Waals surface area contributed by atoms with Crippen LogP contribution in [0.4, 0.5) is 8.78 Å². The maximum atomic E-state index is 12.6. The number of carbonyl (C=O) groups excluding carboxylic acids is 1. The molecule has 0 saturated heterocycles. The molecule has 0 spiro atoms. The van der Waals surface area contributed by atoms with Crippen molar-refractivity contribution >= 4 is 5.91 Å². The highest BCUT2D eigenvalue weighted by atomic mass is 19.1. The Bertz CT molecular complexity index is 227. The third kappa shape index (κ3) is 2.49. The van der Waals surface area contributed by atoms with Crippen LogP contribution in [0.3, 0.4) is 0 Å². The van der Waals surface area contributed by atoms with E-state index in [-0.39, 0.29) is 0 Å². The summed E-state index contributed by atoms with van der Waals surface area (Å²) in [6.45, 7) is 2.32. The first-order valence-electron chi connectivity index (χ1n) is 2.99. The highest BCUT2D eigenvalue weighted by Gasteiger charge is 2.13. The number of nitrogens with two attached hydrogens (primary N) is 1. The Hall–Kier alpha value is -1.19. The molecular formula is C7H9F2NO. The first-order chi connectivity index (χ1) is 5.00. The topological polar surface area (TPSA) is 43.1 Å². The van der Waals surface area contributed by atoms with E-state index in [0.29, 0.717) is 0 Å². The van der Waals surface area contributed by atoms with Gasteiger partial charge in [-0.3, -0.25) is 4.79 Å². The monoisotopic (exact) mass is 161 g/mol. The summed E-state index contributed by atoms with van der Waals surface area (Å²) in [5.41, 5.74) is 4.01. The lowest BCUT2D eigenvalue weighted by Gasteiger charge is -1.98. The Morgan fingerprint density at radius 1 is 1.45 bits per heavy atom. The van der Waals surface area contributed by atoms with Crippen molar-refractivity contribution in [2.45, 2.75) is 13.8 Å². The molecule has 0 fully saturated rings. The zero-order chi connectivity index (χ0) is 9.02. The first-order valence-corrected chi connectivity index (χ1v) is 2.99. The number of amides is 1. The molecule has 0 aromatic heterocycles. The third-order valence-electron chi connectivity index (χ3n) is 1.08. The molecule has 11 heavy (non-hydrogen) atoms. The van der Waals surface area contributed by atoms with Crippen molar-refractivity contribution in [3.63, 3.8) is 0 Å². The Labute approximate surface area is 63.4 Å². The van der Waals surface area contributed by atoms with E-state index in [2.05, 4.69) is 0 Å². The minimum atomic E-state index is -1.10. The molecule has 62 valence electrons. The minimum absolute atomic E-state index is 0.687. The number of primary amides is 1. The lowest BCUT2D eigenvalue weighted by atomic mass is 10.2. The molecule has 0 aliphatic carbocycles. The van der Waals surface area contributed by atoms with Gasteiger partial charge in [0.2, 0.25) is 0 Å². The van der Waals surface area contributed by atoms with Crippen LogP contribution in [0.1, 0.15) is 13.8 Å². The van der Waals surface area contributed by atoms with Gasteiger partial charge in [0.25, 0.3) is 5.91 Å². The van der Waals surface area contributed by atoms with E-state index in [0.717, 1.165) is 13.0 Å². The highest BCUT2D eigenvalue weighted by molar-refractivity contribution is 5.96. The quantitative estimate of drug-likeness (QED) is 0.485. The van der Waals surface area contributed by atoms with E-state index in [1.807, 2.05) is 0 Å². The van der Waals surface area contributed by atoms with Crippen molar-refractivity contribution in [3.05, 3.63) is 23.3 Å². The van der Waals surface area contributed by atoms with Gasteiger partial charge in [-0.25, -0.2) is 8.78 Å². The molecular weight excluding hydrogens is 152 g/mol. The fourth-order valence-electron chi connectivity index (χ4n) is 0.596. The predicted octanol–water partition coefficient (Wildman–Crippen LogP) is 1.59. The number of allylic oxidation sites excluding steroid dienone is 2. The maximum absolute atomic E-state index is 12.6. The highest BCUT2D eigenvalue weighted by Crippen LogP contribution is 2.16. The van der Waals surface area contributed by atoms with Crippen LogP contribution in [0.2, 0.25) is 0 Å². The van der Waals surface area contributed by atoms with Crippen molar-refractivity contribution in [1.82, 2.24) is 0 Å². The molecule has 1 amide bonds. The average molecular weight is 161 g/mol. The SMILES string of the molecule is C/C=C(F)\C(C(N)=O)=C(/C)F. The van der Waals surface area contributed by atoms with Crippen molar-refractivity contribution in [2.24, 2.45) is 5.73 Å². The molecule has 2 nitrogen and oxygen atoms in total. The van der Waals surface area contributed by atoms with Crippen LogP contribution in [-0.2, 0) is 4.79 Å². The molecule has 2 N–H and O–H groups in total. The summed E-state index contributed by atoms with van der Waals surface area (Å²) < 4.78 is 24.9. The normalized spacial score (nSPS) is 14.4. The van der Waals surface area contributed by atoms with Crippen LogP contribution in [0.15, 0.2) is 23.3 Å². The standard InChI is InChI=1S/C7H9F2NO/c1-3-5(9)6(4(2)8)7(10)11/h3H,1-2H3,(H2,10,11)/b5-3+,6-4-. The summed E-state index contributed by atoms with van der Waals surface area (Å²) in [5, 5.41) is 0. The van der Waals surface area contributed by atoms with Crippen LogP contribution in [0, 0.1) is 0 Å². The second-order valence-electron chi connectivity index (χ2n) is 1.91. The summed E-state index contributed by atoms with van der Waals surface area (Å²) >= 11 is 0. The molecule has 0 aromatic rings. The van der Waals surface area contributed by atoms with E-state index in [9.17, 15) is 13.6 Å². The van der Waals surface area contributed by atoms with Crippen molar-refractivity contribution in [1.29, 1.82) is 0 Å². The van der Waals surface area contributed by atoms with E-state index in [1.54, 1.807) is 0 Å². The van der Waals surface area contributed by atoms with Gasteiger partial charge in [0.15, 0.2) is 0 Å².